The van der Waals surface area contributed by atoms with Crippen LogP contribution in [0.5, 0.6) is 0 Å². The molecule has 0 saturated heterocycles. The Balaban J connectivity index is 1.76. The average Bonchev–Trinajstić information content (AvgIpc) is 3.17. The molecule has 128 valence electrons. The summed E-state index contributed by atoms with van der Waals surface area (Å²) in [7, 11) is 0. The van der Waals surface area contributed by atoms with Crippen molar-refractivity contribution in [2.24, 2.45) is 5.73 Å². The first-order valence-electron chi connectivity index (χ1n) is 8.03. The fourth-order valence-electron chi connectivity index (χ4n) is 2.65. The molecule has 0 bridgehead atoms. The maximum Gasteiger partial charge on any atom is 0.251 e. The number of rotatable bonds is 6. The van der Waals surface area contributed by atoms with E-state index in [9.17, 15) is 4.79 Å². The highest BCUT2D eigenvalue weighted by Crippen LogP contribution is 2.23. The zero-order valence-electron chi connectivity index (χ0n) is 13.6. The number of aromatic nitrogens is 2. The van der Waals surface area contributed by atoms with Gasteiger partial charge < -0.3 is 11.1 Å². The standard InChI is InChI=1S/C19H19ClN4O/c20-17-7-5-15(6-8-17)19(25)24-18(9-10-21)14-3-1-13(2-4-14)16-11-22-23-12-16/h1-8,11-12,18H,9-10,21H2,(H,22,23)(H,24,25). The summed E-state index contributed by atoms with van der Waals surface area (Å²) < 4.78 is 0. The number of benzene rings is 2. The largest absolute Gasteiger partial charge is 0.345 e. The van der Waals surface area contributed by atoms with Gasteiger partial charge in [0.1, 0.15) is 0 Å². The maximum absolute atomic E-state index is 12.5. The molecule has 4 N–H and O–H groups in total. The Morgan fingerprint density at radius 3 is 2.44 bits per heavy atom. The summed E-state index contributed by atoms with van der Waals surface area (Å²) >= 11 is 5.87. The molecule has 1 aromatic heterocycles. The van der Waals surface area contributed by atoms with Crippen molar-refractivity contribution < 1.29 is 4.79 Å². The van der Waals surface area contributed by atoms with Crippen LogP contribution in [-0.4, -0.2) is 22.6 Å². The number of hydrogen-bond acceptors (Lipinski definition) is 3. The highest BCUT2D eigenvalue weighted by molar-refractivity contribution is 6.30. The molecule has 0 radical (unpaired) electrons. The number of carbonyl (C=O) groups is 1. The van der Waals surface area contributed by atoms with Crippen molar-refractivity contribution >= 4 is 17.5 Å². The Morgan fingerprint density at radius 2 is 1.84 bits per heavy atom. The monoisotopic (exact) mass is 354 g/mol. The Labute approximate surface area is 151 Å². The first-order chi connectivity index (χ1) is 12.2. The first kappa shape index (κ1) is 17.2. The lowest BCUT2D eigenvalue weighted by molar-refractivity contribution is 0.0935. The van der Waals surface area contributed by atoms with Crippen molar-refractivity contribution in [1.29, 1.82) is 0 Å². The van der Waals surface area contributed by atoms with Gasteiger partial charge in [-0.1, -0.05) is 35.9 Å². The Kier molecular flexibility index (Phi) is 5.48. The van der Waals surface area contributed by atoms with Crippen LogP contribution < -0.4 is 11.1 Å². The van der Waals surface area contributed by atoms with Crippen LogP contribution in [0.15, 0.2) is 60.9 Å². The normalized spacial score (nSPS) is 11.9. The van der Waals surface area contributed by atoms with Crippen LogP contribution in [0.3, 0.4) is 0 Å². The predicted octanol–water partition coefficient (Wildman–Crippen LogP) is 3.55. The van der Waals surface area contributed by atoms with Crippen molar-refractivity contribution in [3.05, 3.63) is 77.1 Å². The van der Waals surface area contributed by atoms with Gasteiger partial charge in [0.05, 0.1) is 12.2 Å². The van der Waals surface area contributed by atoms with E-state index in [-0.39, 0.29) is 11.9 Å². The number of H-pyrrole nitrogens is 1. The van der Waals surface area contributed by atoms with E-state index in [1.807, 2.05) is 30.5 Å². The minimum absolute atomic E-state index is 0.144. The van der Waals surface area contributed by atoms with Crippen LogP contribution in [0.2, 0.25) is 5.02 Å². The third-order valence-electron chi connectivity index (χ3n) is 4.01. The Morgan fingerprint density at radius 1 is 1.12 bits per heavy atom. The van der Waals surface area contributed by atoms with Gasteiger partial charge in [0.25, 0.3) is 5.91 Å². The fourth-order valence-corrected chi connectivity index (χ4v) is 2.77. The molecule has 3 rings (SSSR count). The predicted molar refractivity (Wildman–Crippen MR) is 99.4 cm³/mol. The van der Waals surface area contributed by atoms with Crippen molar-refractivity contribution in [1.82, 2.24) is 15.5 Å². The molecule has 5 nitrogen and oxygen atoms in total. The number of carbonyl (C=O) groups excluding carboxylic acids is 1. The molecule has 0 fully saturated rings. The van der Waals surface area contributed by atoms with Gasteiger partial charge in [0.2, 0.25) is 0 Å². The minimum atomic E-state index is -0.147. The molecule has 0 aliphatic carbocycles. The van der Waals surface area contributed by atoms with Crippen LogP contribution in [-0.2, 0) is 0 Å². The third kappa shape index (κ3) is 4.26. The topological polar surface area (TPSA) is 83.8 Å². The molecular formula is C19H19ClN4O. The summed E-state index contributed by atoms with van der Waals surface area (Å²) in [6, 6.07) is 14.7. The number of amides is 1. The minimum Gasteiger partial charge on any atom is -0.345 e. The van der Waals surface area contributed by atoms with Crippen molar-refractivity contribution in [2.75, 3.05) is 6.54 Å². The number of nitrogens with zero attached hydrogens (tertiary/aromatic N) is 1. The second-order valence-electron chi connectivity index (χ2n) is 5.72. The summed E-state index contributed by atoms with van der Waals surface area (Å²) in [6.07, 6.45) is 4.27. The summed E-state index contributed by atoms with van der Waals surface area (Å²) in [6.45, 7) is 0.481. The van der Waals surface area contributed by atoms with Crippen LogP contribution in [0.4, 0.5) is 0 Å². The van der Waals surface area contributed by atoms with Crippen molar-refractivity contribution in [3.8, 4) is 11.1 Å². The molecule has 25 heavy (non-hydrogen) atoms. The molecule has 0 spiro atoms. The zero-order chi connectivity index (χ0) is 17.6. The summed E-state index contributed by atoms with van der Waals surface area (Å²) in [4.78, 5) is 12.5. The van der Waals surface area contributed by atoms with Crippen LogP contribution in [0.25, 0.3) is 11.1 Å². The quantitative estimate of drug-likeness (QED) is 0.633. The summed E-state index contributed by atoms with van der Waals surface area (Å²) in [5.74, 6) is -0.144. The third-order valence-corrected chi connectivity index (χ3v) is 4.26. The molecule has 1 atom stereocenters. The van der Waals surface area contributed by atoms with E-state index in [0.717, 1.165) is 16.7 Å². The van der Waals surface area contributed by atoms with Crippen LogP contribution >= 0.6 is 11.6 Å². The van der Waals surface area contributed by atoms with Gasteiger partial charge in [-0.25, -0.2) is 0 Å². The number of nitrogens with two attached hydrogens (primary N) is 1. The van der Waals surface area contributed by atoms with Crippen LogP contribution in [0.1, 0.15) is 28.4 Å². The number of aromatic amines is 1. The Hall–Kier alpha value is -2.63. The number of nitrogens with one attached hydrogen (secondary N) is 2. The highest BCUT2D eigenvalue weighted by atomic mass is 35.5. The first-order valence-corrected chi connectivity index (χ1v) is 8.41. The molecule has 0 saturated carbocycles. The van der Waals surface area contributed by atoms with Gasteiger partial charge in [0.15, 0.2) is 0 Å². The smallest absolute Gasteiger partial charge is 0.251 e. The second kappa shape index (κ2) is 7.96. The second-order valence-corrected chi connectivity index (χ2v) is 6.16. The lowest BCUT2D eigenvalue weighted by Crippen LogP contribution is -2.30. The van der Waals surface area contributed by atoms with Gasteiger partial charge in [-0.3, -0.25) is 9.89 Å². The average molecular weight is 355 g/mol. The lowest BCUT2D eigenvalue weighted by Gasteiger charge is -2.19. The lowest BCUT2D eigenvalue weighted by atomic mass is 10.00. The van der Waals surface area contributed by atoms with E-state index in [4.69, 9.17) is 17.3 Å². The molecule has 0 aliphatic heterocycles. The highest BCUT2D eigenvalue weighted by Gasteiger charge is 2.15. The van der Waals surface area contributed by atoms with Gasteiger partial charge in [0, 0.05) is 22.3 Å². The molecular weight excluding hydrogens is 336 g/mol. The fraction of sp³-hybridized carbons (Fsp3) is 0.158. The van der Waals surface area contributed by atoms with Gasteiger partial charge in [-0.2, -0.15) is 5.10 Å². The van der Waals surface area contributed by atoms with Gasteiger partial charge in [-0.05, 0) is 48.4 Å². The molecule has 1 amide bonds. The van der Waals surface area contributed by atoms with E-state index >= 15 is 0 Å². The van der Waals surface area contributed by atoms with Crippen molar-refractivity contribution in [3.63, 3.8) is 0 Å². The molecule has 3 aromatic rings. The van der Waals surface area contributed by atoms with E-state index < -0.39 is 0 Å². The van der Waals surface area contributed by atoms with Gasteiger partial charge >= 0.3 is 0 Å². The molecule has 1 heterocycles. The van der Waals surface area contributed by atoms with E-state index in [0.29, 0.717) is 23.6 Å². The molecule has 2 aromatic carbocycles. The molecule has 1 unspecified atom stereocenters. The SMILES string of the molecule is NCCC(NC(=O)c1ccc(Cl)cc1)c1ccc(-c2cn[nH]c2)cc1. The van der Waals surface area contributed by atoms with Gasteiger partial charge in [-0.15, -0.1) is 0 Å². The van der Waals surface area contributed by atoms with E-state index in [1.54, 1.807) is 30.5 Å². The number of halogens is 1. The Bertz CT molecular complexity index is 814. The maximum atomic E-state index is 12.5. The number of hydrogen-bond donors (Lipinski definition) is 3. The van der Waals surface area contributed by atoms with Crippen LogP contribution in [0, 0.1) is 0 Å². The van der Waals surface area contributed by atoms with Crippen molar-refractivity contribution in [2.45, 2.75) is 12.5 Å². The zero-order valence-corrected chi connectivity index (χ0v) is 14.3. The molecule has 6 heteroatoms. The van der Waals surface area contributed by atoms with E-state index in [1.165, 1.54) is 0 Å². The van der Waals surface area contributed by atoms with E-state index in [2.05, 4.69) is 15.5 Å². The summed E-state index contributed by atoms with van der Waals surface area (Å²) in [5.41, 5.74) is 9.40. The summed E-state index contributed by atoms with van der Waals surface area (Å²) in [5, 5.41) is 10.4. The molecule has 0 aliphatic rings.